The molecule has 152 valence electrons. The Labute approximate surface area is 172 Å². The van der Waals surface area contributed by atoms with E-state index in [0.29, 0.717) is 18.0 Å². The highest BCUT2D eigenvalue weighted by atomic mass is 35.5. The fourth-order valence-corrected chi connectivity index (χ4v) is 2.97. The highest BCUT2D eigenvalue weighted by Crippen LogP contribution is 2.21. The molecule has 0 aliphatic rings. The quantitative estimate of drug-likeness (QED) is 0.363. The number of carbonyl (C=O) groups excluding carboxylic acids is 2. The number of H-pyrrole nitrogens is 2. The number of aromatic nitrogens is 4. The summed E-state index contributed by atoms with van der Waals surface area (Å²) in [4.78, 5) is 32.0. The van der Waals surface area contributed by atoms with Crippen LogP contribution in [0.4, 0.5) is 14.6 Å². The van der Waals surface area contributed by atoms with E-state index in [1.165, 1.54) is 6.07 Å². The van der Waals surface area contributed by atoms with Gasteiger partial charge in [-0.25, -0.2) is 13.8 Å². The number of amides is 2. The second-order valence-electron chi connectivity index (χ2n) is 6.25. The maximum Gasteiger partial charge on any atom is 0.269 e. The minimum atomic E-state index is -1.21. The van der Waals surface area contributed by atoms with Gasteiger partial charge in [0.2, 0.25) is 0 Å². The van der Waals surface area contributed by atoms with Crippen molar-refractivity contribution in [3.63, 3.8) is 0 Å². The van der Waals surface area contributed by atoms with Crippen LogP contribution in [0.3, 0.4) is 0 Å². The molecule has 2 amide bonds. The van der Waals surface area contributed by atoms with Gasteiger partial charge in [-0.1, -0.05) is 23.7 Å². The maximum absolute atomic E-state index is 13.4. The van der Waals surface area contributed by atoms with Gasteiger partial charge in [-0.2, -0.15) is 5.10 Å². The summed E-state index contributed by atoms with van der Waals surface area (Å²) < 4.78 is 26.5. The number of para-hydroxylation sites is 2. The molecule has 0 saturated carbocycles. The highest BCUT2D eigenvalue weighted by molar-refractivity contribution is 6.34. The zero-order valence-electron chi connectivity index (χ0n) is 15.1. The number of fused-ring (bicyclic) bond motifs is 1. The monoisotopic (exact) mass is 430 g/mol. The number of anilines is 1. The number of aromatic amines is 2. The average Bonchev–Trinajstić information content (AvgIpc) is 3.35. The molecule has 0 bridgehead atoms. The van der Waals surface area contributed by atoms with Crippen molar-refractivity contribution in [3.8, 4) is 0 Å². The first-order chi connectivity index (χ1) is 14.4. The van der Waals surface area contributed by atoms with E-state index in [-0.39, 0.29) is 28.6 Å². The van der Waals surface area contributed by atoms with E-state index in [1.54, 1.807) is 0 Å². The molecule has 4 aromatic rings. The largest absolute Gasteiger partial charge is 0.343 e. The number of nitrogens with zero attached hydrogens (tertiary/aromatic N) is 2. The Bertz CT molecular complexity index is 1240. The second kappa shape index (κ2) is 7.91. The van der Waals surface area contributed by atoms with Crippen molar-refractivity contribution in [3.05, 3.63) is 76.2 Å². The molecule has 4 N–H and O–H groups in total. The molecule has 2 heterocycles. The third kappa shape index (κ3) is 3.98. The van der Waals surface area contributed by atoms with Crippen molar-refractivity contribution in [2.24, 2.45) is 0 Å². The molecule has 0 spiro atoms. The number of carbonyl (C=O) groups is 2. The Morgan fingerprint density at radius 2 is 1.83 bits per heavy atom. The molecule has 0 atom stereocenters. The normalized spacial score (nSPS) is 10.9. The van der Waals surface area contributed by atoms with Gasteiger partial charge < -0.3 is 15.6 Å². The number of hydrogen-bond acceptors (Lipinski definition) is 4. The Kier molecular flexibility index (Phi) is 5.15. The van der Waals surface area contributed by atoms with Crippen LogP contribution in [0.5, 0.6) is 0 Å². The van der Waals surface area contributed by atoms with E-state index in [2.05, 4.69) is 30.8 Å². The number of rotatable bonds is 5. The van der Waals surface area contributed by atoms with Crippen LogP contribution in [-0.2, 0) is 6.54 Å². The lowest BCUT2D eigenvalue weighted by atomic mass is 10.2. The van der Waals surface area contributed by atoms with Crippen molar-refractivity contribution in [1.82, 2.24) is 25.5 Å². The molecule has 0 saturated heterocycles. The molecule has 0 aliphatic carbocycles. The van der Waals surface area contributed by atoms with Crippen LogP contribution in [0, 0.1) is 11.6 Å². The van der Waals surface area contributed by atoms with Gasteiger partial charge in [0.1, 0.15) is 11.5 Å². The van der Waals surface area contributed by atoms with Crippen molar-refractivity contribution in [1.29, 1.82) is 0 Å². The maximum atomic E-state index is 13.4. The Morgan fingerprint density at radius 1 is 1.07 bits per heavy atom. The molecule has 4 rings (SSSR count). The van der Waals surface area contributed by atoms with E-state index in [9.17, 15) is 18.4 Å². The van der Waals surface area contributed by atoms with E-state index in [4.69, 9.17) is 11.6 Å². The number of hydrogen-bond donors (Lipinski definition) is 4. The summed E-state index contributed by atoms with van der Waals surface area (Å²) in [6.07, 6.45) is 0. The molecule has 0 aliphatic heterocycles. The molecule has 11 heteroatoms. The predicted molar refractivity (Wildman–Crippen MR) is 105 cm³/mol. The van der Waals surface area contributed by atoms with Crippen LogP contribution in [0.1, 0.15) is 26.7 Å². The van der Waals surface area contributed by atoms with Gasteiger partial charge in [0.25, 0.3) is 11.8 Å². The van der Waals surface area contributed by atoms with E-state index >= 15 is 0 Å². The summed E-state index contributed by atoms with van der Waals surface area (Å²) in [5.74, 6) is -3.08. The highest BCUT2D eigenvalue weighted by Gasteiger charge is 2.17. The van der Waals surface area contributed by atoms with Crippen LogP contribution in [0.2, 0.25) is 5.02 Å². The summed E-state index contributed by atoms with van der Waals surface area (Å²) in [5.41, 5.74) is 1.45. The van der Waals surface area contributed by atoms with Gasteiger partial charge >= 0.3 is 0 Å². The SMILES string of the molecule is O=C(NCc1nc2ccccc2[nH]1)c1cc(NC(=O)c2cc(F)c(F)cc2Cl)n[nH]1. The van der Waals surface area contributed by atoms with Gasteiger partial charge in [-0.15, -0.1) is 0 Å². The number of imidazole rings is 1. The fourth-order valence-electron chi connectivity index (χ4n) is 2.73. The van der Waals surface area contributed by atoms with Crippen LogP contribution in [-0.4, -0.2) is 32.0 Å². The molecular weight excluding hydrogens is 418 g/mol. The zero-order valence-corrected chi connectivity index (χ0v) is 15.8. The number of nitrogens with one attached hydrogen (secondary N) is 4. The van der Waals surface area contributed by atoms with Gasteiger partial charge in [-0.3, -0.25) is 14.7 Å². The van der Waals surface area contributed by atoms with Crippen LogP contribution in [0.15, 0.2) is 42.5 Å². The standard InChI is InChI=1S/C19H13ClF2N6O2/c20-10-6-12(22)11(21)5-9(10)18(29)26-16-7-15(27-28-16)19(30)23-8-17-24-13-3-1-2-4-14(13)25-17/h1-7H,8H2,(H,23,30)(H,24,25)(H2,26,27,28,29). The van der Waals surface area contributed by atoms with Crippen LogP contribution in [0.25, 0.3) is 11.0 Å². The molecule has 0 radical (unpaired) electrons. The predicted octanol–water partition coefficient (Wildman–Crippen LogP) is 3.40. The molecule has 0 fully saturated rings. The number of benzene rings is 2. The summed E-state index contributed by atoms with van der Waals surface area (Å²) in [7, 11) is 0. The van der Waals surface area contributed by atoms with Gasteiger partial charge in [0.05, 0.1) is 28.2 Å². The van der Waals surface area contributed by atoms with E-state index in [0.717, 1.165) is 11.0 Å². The number of halogens is 3. The Morgan fingerprint density at radius 3 is 2.63 bits per heavy atom. The molecule has 2 aromatic heterocycles. The van der Waals surface area contributed by atoms with Gasteiger partial charge in [-0.05, 0) is 24.3 Å². The lowest BCUT2D eigenvalue weighted by molar-refractivity contribution is 0.0944. The Balaban J connectivity index is 1.40. The molecular formula is C19H13ClF2N6O2. The van der Waals surface area contributed by atoms with Crippen molar-refractivity contribution < 1.29 is 18.4 Å². The van der Waals surface area contributed by atoms with E-state index < -0.39 is 23.4 Å². The fraction of sp³-hybridized carbons (Fsp3) is 0.0526. The smallest absolute Gasteiger partial charge is 0.269 e. The summed E-state index contributed by atoms with van der Waals surface area (Å²) in [5, 5.41) is 11.1. The third-order valence-electron chi connectivity index (χ3n) is 4.17. The second-order valence-corrected chi connectivity index (χ2v) is 6.66. The zero-order chi connectivity index (χ0) is 21.3. The first kappa shape index (κ1) is 19.5. The van der Waals surface area contributed by atoms with Crippen molar-refractivity contribution >= 4 is 40.3 Å². The minimum absolute atomic E-state index is 0.00897. The summed E-state index contributed by atoms with van der Waals surface area (Å²) in [6, 6.07) is 10.1. The average molecular weight is 431 g/mol. The van der Waals surface area contributed by atoms with Gasteiger partial charge in [0, 0.05) is 6.07 Å². The molecule has 30 heavy (non-hydrogen) atoms. The third-order valence-corrected chi connectivity index (χ3v) is 4.49. The first-order valence-corrected chi connectivity index (χ1v) is 9.01. The molecule has 0 unspecified atom stereocenters. The van der Waals surface area contributed by atoms with Crippen LogP contribution >= 0.6 is 11.6 Å². The first-order valence-electron chi connectivity index (χ1n) is 8.64. The van der Waals surface area contributed by atoms with Gasteiger partial charge in [0.15, 0.2) is 17.5 Å². The minimum Gasteiger partial charge on any atom is -0.343 e. The topological polar surface area (TPSA) is 116 Å². The molecule has 2 aromatic carbocycles. The lowest BCUT2D eigenvalue weighted by Gasteiger charge is -2.05. The summed E-state index contributed by atoms with van der Waals surface area (Å²) >= 11 is 5.78. The van der Waals surface area contributed by atoms with Crippen molar-refractivity contribution in [2.75, 3.05) is 5.32 Å². The summed E-state index contributed by atoms with van der Waals surface area (Å²) in [6.45, 7) is 0.151. The van der Waals surface area contributed by atoms with Crippen LogP contribution < -0.4 is 10.6 Å². The van der Waals surface area contributed by atoms with Crippen molar-refractivity contribution in [2.45, 2.75) is 6.54 Å². The molecule has 8 nitrogen and oxygen atoms in total. The lowest BCUT2D eigenvalue weighted by Crippen LogP contribution is -2.23. The Hall–Kier alpha value is -3.79. The van der Waals surface area contributed by atoms with E-state index in [1.807, 2.05) is 24.3 Å².